The lowest BCUT2D eigenvalue weighted by Crippen LogP contribution is -2.03. The van der Waals surface area contributed by atoms with Gasteiger partial charge >= 0.3 is 0 Å². The minimum Gasteiger partial charge on any atom is -0.479 e. The number of alkyl halides is 1. The van der Waals surface area contributed by atoms with Crippen LogP contribution in [0.1, 0.15) is 5.82 Å². The average molecular weight is 323 g/mol. The maximum atomic E-state index is 6.31. The first-order chi connectivity index (χ1) is 10.3. The van der Waals surface area contributed by atoms with Crippen LogP contribution in [0, 0.1) is 0 Å². The molecule has 5 nitrogen and oxygen atoms in total. The predicted molar refractivity (Wildman–Crippen MR) is 82.6 cm³/mol. The highest BCUT2D eigenvalue weighted by Crippen LogP contribution is 2.28. The van der Waals surface area contributed by atoms with E-state index in [2.05, 4.69) is 15.0 Å². The topological polar surface area (TPSA) is 52.8 Å². The SMILES string of the molecule is COc1ncnc2c1nc(CCCl)n2-c1ccccc1Cl. The van der Waals surface area contributed by atoms with Crippen molar-refractivity contribution in [3.05, 3.63) is 41.4 Å². The summed E-state index contributed by atoms with van der Waals surface area (Å²) in [7, 11) is 1.55. The Kier molecular flexibility index (Phi) is 3.94. The van der Waals surface area contributed by atoms with Gasteiger partial charge in [0.1, 0.15) is 12.2 Å². The van der Waals surface area contributed by atoms with Crippen LogP contribution in [-0.2, 0) is 6.42 Å². The molecular weight excluding hydrogens is 311 g/mol. The first-order valence-electron chi connectivity index (χ1n) is 6.33. The van der Waals surface area contributed by atoms with Crippen molar-refractivity contribution in [2.24, 2.45) is 0 Å². The molecule has 108 valence electrons. The van der Waals surface area contributed by atoms with E-state index in [0.717, 1.165) is 11.5 Å². The quantitative estimate of drug-likeness (QED) is 0.692. The van der Waals surface area contributed by atoms with Gasteiger partial charge in [0.25, 0.3) is 0 Å². The van der Waals surface area contributed by atoms with Crippen molar-refractivity contribution in [1.29, 1.82) is 0 Å². The molecule has 0 radical (unpaired) electrons. The maximum Gasteiger partial charge on any atom is 0.245 e. The summed E-state index contributed by atoms with van der Waals surface area (Å²) >= 11 is 12.2. The van der Waals surface area contributed by atoms with Gasteiger partial charge in [0, 0.05) is 12.3 Å². The Morgan fingerprint density at radius 3 is 2.76 bits per heavy atom. The van der Waals surface area contributed by atoms with Crippen LogP contribution in [0.3, 0.4) is 0 Å². The molecule has 2 heterocycles. The van der Waals surface area contributed by atoms with Crippen molar-refractivity contribution in [3.63, 3.8) is 0 Å². The van der Waals surface area contributed by atoms with Gasteiger partial charge in [-0.05, 0) is 12.1 Å². The van der Waals surface area contributed by atoms with Crippen molar-refractivity contribution in [1.82, 2.24) is 19.5 Å². The third-order valence-electron chi connectivity index (χ3n) is 3.08. The first kappa shape index (κ1) is 14.1. The number of benzene rings is 1. The van der Waals surface area contributed by atoms with E-state index in [9.17, 15) is 0 Å². The van der Waals surface area contributed by atoms with Gasteiger partial charge in [-0.3, -0.25) is 4.57 Å². The monoisotopic (exact) mass is 322 g/mol. The van der Waals surface area contributed by atoms with Crippen molar-refractivity contribution < 1.29 is 4.74 Å². The molecule has 0 saturated carbocycles. The Hall–Kier alpha value is -1.85. The molecule has 21 heavy (non-hydrogen) atoms. The fraction of sp³-hybridized carbons (Fsp3) is 0.214. The molecule has 1 aromatic carbocycles. The van der Waals surface area contributed by atoms with Crippen LogP contribution < -0.4 is 4.74 Å². The molecule has 2 aromatic heterocycles. The molecule has 0 N–H and O–H groups in total. The lowest BCUT2D eigenvalue weighted by atomic mass is 10.3. The van der Waals surface area contributed by atoms with E-state index >= 15 is 0 Å². The number of hydrogen-bond donors (Lipinski definition) is 0. The Morgan fingerprint density at radius 2 is 2.05 bits per heavy atom. The molecule has 0 bridgehead atoms. The highest BCUT2D eigenvalue weighted by atomic mass is 35.5. The van der Waals surface area contributed by atoms with E-state index in [1.54, 1.807) is 7.11 Å². The predicted octanol–water partition coefficient (Wildman–Crippen LogP) is 3.26. The van der Waals surface area contributed by atoms with E-state index in [4.69, 9.17) is 27.9 Å². The number of hydrogen-bond acceptors (Lipinski definition) is 4. The zero-order valence-electron chi connectivity index (χ0n) is 11.3. The first-order valence-corrected chi connectivity index (χ1v) is 7.24. The summed E-state index contributed by atoms with van der Waals surface area (Å²) in [5.74, 6) is 1.65. The maximum absolute atomic E-state index is 6.31. The van der Waals surface area contributed by atoms with Gasteiger partial charge in [-0.1, -0.05) is 23.7 Å². The summed E-state index contributed by atoms with van der Waals surface area (Å²) in [6, 6.07) is 7.53. The molecule has 0 spiro atoms. The summed E-state index contributed by atoms with van der Waals surface area (Å²) in [5, 5.41) is 0.616. The molecular formula is C14H12Cl2N4O. The molecule has 0 aliphatic heterocycles. The minimum absolute atomic E-state index is 0.432. The van der Waals surface area contributed by atoms with E-state index < -0.39 is 0 Å². The Morgan fingerprint density at radius 1 is 1.24 bits per heavy atom. The zero-order chi connectivity index (χ0) is 14.8. The van der Waals surface area contributed by atoms with Crippen LogP contribution >= 0.6 is 23.2 Å². The number of aryl methyl sites for hydroxylation is 1. The second-order valence-electron chi connectivity index (χ2n) is 4.31. The van der Waals surface area contributed by atoms with Gasteiger partial charge in [-0.15, -0.1) is 11.6 Å². The highest BCUT2D eigenvalue weighted by Gasteiger charge is 2.18. The molecule has 0 aliphatic carbocycles. The summed E-state index contributed by atoms with van der Waals surface area (Å²) < 4.78 is 7.14. The average Bonchev–Trinajstić information content (AvgIpc) is 2.86. The van der Waals surface area contributed by atoms with Crippen molar-refractivity contribution in [3.8, 4) is 11.6 Å². The van der Waals surface area contributed by atoms with Crippen LogP contribution in [0.2, 0.25) is 5.02 Å². The smallest absolute Gasteiger partial charge is 0.245 e. The minimum atomic E-state index is 0.432. The fourth-order valence-corrected chi connectivity index (χ4v) is 2.59. The summed E-state index contributed by atoms with van der Waals surface area (Å²) in [6.45, 7) is 0. The molecule has 3 aromatic rings. The number of rotatable bonds is 4. The van der Waals surface area contributed by atoms with Gasteiger partial charge < -0.3 is 4.74 Å². The van der Waals surface area contributed by atoms with E-state index in [0.29, 0.717) is 34.4 Å². The second kappa shape index (κ2) is 5.87. The van der Waals surface area contributed by atoms with Crippen molar-refractivity contribution >= 4 is 34.4 Å². The second-order valence-corrected chi connectivity index (χ2v) is 5.09. The lowest BCUT2D eigenvalue weighted by Gasteiger charge is -2.09. The van der Waals surface area contributed by atoms with Gasteiger partial charge in [-0.25, -0.2) is 9.97 Å². The van der Waals surface area contributed by atoms with Crippen LogP contribution in [0.4, 0.5) is 0 Å². The highest BCUT2D eigenvalue weighted by molar-refractivity contribution is 6.32. The van der Waals surface area contributed by atoms with Crippen LogP contribution in [0.15, 0.2) is 30.6 Å². The fourth-order valence-electron chi connectivity index (χ4n) is 2.20. The molecule has 0 amide bonds. The zero-order valence-corrected chi connectivity index (χ0v) is 12.8. The van der Waals surface area contributed by atoms with Gasteiger partial charge in [-0.2, -0.15) is 4.98 Å². The molecule has 0 atom stereocenters. The number of para-hydroxylation sites is 1. The lowest BCUT2D eigenvalue weighted by molar-refractivity contribution is 0.401. The van der Waals surface area contributed by atoms with Gasteiger partial charge in [0.15, 0.2) is 11.2 Å². The van der Waals surface area contributed by atoms with Crippen LogP contribution in [0.25, 0.3) is 16.9 Å². The standard InChI is InChI=1S/C14H12Cl2N4O/c1-21-14-12-13(17-8-18-14)20(11(19-12)6-7-15)10-5-3-2-4-9(10)16/h2-5,8H,6-7H2,1H3. The Balaban J connectivity index is 2.34. The molecule has 0 saturated heterocycles. The van der Waals surface area contributed by atoms with Gasteiger partial charge in [0.05, 0.1) is 17.8 Å². The number of methoxy groups -OCH3 is 1. The molecule has 3 rings (SSSR count). The van der Waals surface area contributed by atoms with Crippen LogP contribution in [-0.4, -0.2) is 32.5 Å². The van der Waals surface area contributed by atoms with Crippen molar-refractivity contribution in [2.75, 3.05) is 13.0 Å². The Bertz CT molecular complexity index is 788. The van der Waals surface area contributed by atoms with E-state index in [1.165, 1.54) is 6.33 Å². The van der Waals surface area contributed by atoms with Crippen molar-refractivity contribution in [2.45, 2.75) is 6.42 Å². The largest absolute Gasteiger partial charge is 0.479 e. The normalized spacial score (nSPS) is 11.0. The third-order valence-corrected chi connectivity index (χ3v) is 3.59. The Labute approximate surface area is 131 Å². The summed E-state index contributed by atoms with van der Waals surface area (Å²) in [5.41, 5.74) is 2.05. The van der Waals surface area contributed by atoms with E-state index in [-0.39, 0.29) is 0 Å². The number of halogens is 2. The third kappa shape index (κ3) is 2.43. The molecule has 7 heteroatoms. The number of aromatic nitrogens is 4. The summed E-state index contributed by atoms with van der Waals surface area (Å²) in [6.07, 6.45) is 2.03. The van der Waals surface area contributed by atoms with Crippen LogP contribution in [0.5, 0.6) is 5.88 Å². The number of fused-ring (bicyclic) bond motifs is 1. The summed E-state index contributed by atoms with van der Waals surface area (Å²) in [4.78, 5) is 13.0. The number of ether oxygens (including phenoxy) is 1. The molecule has 0 unspecified atom stereocenters. The van der Waals surface area contributed by atoms with E-state index in [1.807, 2.05) is 28.8 Å². The van der Waals surface area contributed by atoms with Gasteiger partial charge in [0.2, 0.25) is 5.88 Å². The number of nitrogens with zero attached hydrogens (tertiary/aromatic N) is 4. The molecule has 0 fully saturated rings. The number of imidazole rings is 1. The molecule has 0 aliphatic rings.